The number of thiazole rings is 1. The summed E-state index contributed by atoms with van der Waals surface area (Å²) in [6.45, 7) is 3.86. The number of methoxy groups -OCH3 is 1. The first-order chi connectivity index (χ1) is 11.8. The predicted molar refractivity (Wildman–Crippen MR) is 95.4 cm³/mol. The quantitative estimate of drug-likeness (QED) is 0.877. The molecule has 1 aromatic carbocycles. The van der Waals surface area contributed by atoms with Gasteiger partial charge >= 0.3 is 0 Å². The van der Waals surface area contributed by atoms with Crippen LogP contribution in [0.5, 0.6) is 5.75 Å². The summed E-state index contributed by atoms with van der Waals surface area (Å²) in [5, 5.41) is 3.17. The van der Waals surface area contributed by atoms with Crippen LogP contribution < -0.4 is 10.1 Å². The molecule has 3 rings (SSSR count). The van der Waals surface area contributed by atoms with Crippen molar-refractivity contribution in [2.24, 2.45) is 0 Å². The molecule has 9 heteroatoms. The Morgan fingerprint density at radius 3 is 2.80 bits per heavy atom. The van der Waals surface area contributed by atoms with Gasteiger partial charge in [-0.25, -0.2) is 13.4 Å². The minimum absolute atomic E-state index is 0.190. The second-order valence-corrected chi connectivity index (χ2v) is 8.81. The van der Waals surface area contributed by atoms with Gasteiger partial charge < -0.3 is 10.1 Å². The zero-order valence-electron chi connectivity index (χ0n) is 14.2. The highest BCUT2D eigenvalue weighted by atomic mass is 32.2. The van der Waals surface area contributed by atoms with E-state index in [-0.39, 0.29) is 17.3 Å². The van der Waals surface area contributed by atoms with Crippen molar-refractivity contribution >= 4 is 32.4 Å². The summed E-state index contributed by atoms with van der Waals surface area (Å²) < 4.78 is 32.5. The van der Waals surface area contributed by atoms with E-state index in [2.05, 4.69) is 10.3 Å². The van der Waals surface area contributed by atoms with Crippen LogP contribution in [-0.4, -0.2) is 37.3 Å². The van der Waals surface area contributed by atoms with Crippen molar-refractivity contribution in [3.05, 3.63) is 34.3 Å². The highest BCUT2D eigenvalue weighted by Crippen LogP contribution is 2.32. The van der Waals surface area contributed by atoms with Crippen molar-refractivity contribution in [3.8, 4) is 5.75 Å². The van der Waals surface area contributed by atoms with Crippen LogP contribution in [0.25, 0.3) is 0 Å². The topological polar surface area (TPSA) is 88.6 Å². The molecule has 0 fully saturated rings. The number of carbonyl (C=O) groups excluding carboxylic acids is 1. The van der Waals surface area contributed by atoms with E-state index in [0.717, 1.165) is 16.1 Å². The van der Waals surface area contributed by atoms with Gasteiger partial charge in [-0.15, -0.1) is 11.3 Å². The zero-order chi connectivity index (χ0) is 18.2. The molecule has 134 valence electrons. The number of nitrogens with zero attached hydrogens (tertiary/aromatic N) is 2. The number of fused-ring (bicyclic) bond motifs is 1. The molecule has 1 N–H and O–H groups in total. The third-order valence-corrected chi connectivity index (χ3v) is 6.82. The van der Waals surface area contributed by atoms with Crippen molar-refractivity contribution in [2.45, 2.75) is 31.7 Å². The van der Waals surface area contributed by atoms with Crippen LogP contribution in [0.3, 0.4) is 0 Å². The van der Waals surface area contributed by atoms with Gasteiger partial charge in [-0.2, -0.15) is 4.31 Å². The molecule has 1 aliphatic heterocycles. The lowest BCUT2D eigenvalue weighted by Gasteiger charge is -2.25. The maximum atomic E-state index is 12.9. The molecular formula is C16H19N3O4S2. The summed E-state index contributed by atoms with van der Waals surface area (Å²) in [7, 11) is -2.04. The van der Waals surface area contributed by atoms with E-state index in [0.29, 0.717) is 23.8 Å². The molecular weight excluding hydrogens is 362 g/mol. The summed E-state index contributed by atoms with van der Waals surface area (Å²) >= 11 is 1.32. The lowest BCUT2D eigenvalue weighted by molar-refractivity contribution is -0.114. The van der Waals surface area contributed by atoms with Crippen LogP contribution in [0.1, 0.15) is 23.1 Å². The lowest BCUT2D eigenvalue weighted by atomic mass is 10.2. The Kier molecular flexibility index (Phi) is 4.81. The Morgan fingerprint density at radius 1 is 1.40 bits per heavy atom. The molecule has 0 spiro atoms. The lowest BCUT2D eigenvalue weighted by Crippen LogP contribution is -2.35. The first kappa shape index (κ1) is 17.8. The van der Waals surface area contributed by atoms with Crippen LogP contribution in [-0.2, 0) is 27.8 Å². The van der Waals surface area contributed by atoms with E-state index >= 15 is 0 Å². The molecule has 1 amide bonds. The minimum atomic E-state index is -3.60. The number of sulfonamides is 1. The van der Waals surface area contributed by atoms with E-state index in [1.807, 2.05) is 6.92 Å². The van der Waals surface area contributed by atoms with Gasteiger partial charge in [0.1, 0.15) is 5.75 Å². The number of ether oxygens (including phenoxy) is 1. The fourth-order valence-corrected chi connectivity index (χ4v) is 5.39. The van der Waals surface area contributed by atoms with Gasteiger partial charge in [0.25, 0.3) is 0 Å². The number of rotatable bonds is 4. The van der Waals surface area contributed by atoms with E-state index in [9.17, 15) is 13.2 Å². The third kappa shape index (κ3) is 3.53. The number of amides is 1. The largest absolute Gasteiger partial charge is 0.496 e. The van der Waals surface area contributed by atoms with Crippen LogP contribution in [0.2, 0.25) is 0 Å². The maximum Gasteiger partial charge on any atom is 0.243 e. The Bertz CT molecular complexity index is 921. The van der Waals surface area contributed by atoms with Crippen molar-refractivity contribution in [3.63, 3.8) is 0 Å². The number of aryl methyl sites for hydroxylation is 1. The van der Waals surface area contributed by atoms with E-state index in [1.165, 1.54) is 22.6 Å². The Hall–Kier alpha value is -1.97. The van der Waals surface area contributed by atoms with Gasteiger partial charge in [-0.1, -0.05) is 0 Å². The Morgan fingerprint density at radius 2 is 2.16 bits per heavy atom. The second-order valence-electron chi connectivity index (χ2n) is 5.79. The van der Waals surface area contributed by atoms with Gasteiger partial charge in [0.2, 0.25) is 15.9 Å². The number of nitrogens with one attached hydrogen (secondary N) is 1. The predicted octanol–water partition coefficient (Wildman–Crippen LogP) is 2.17. The molecule has 0 saturated heterocycles. The normalized spacial score (nSPS) is 14.8. The zero-order valence-corrected chi connectivity index (χ0v) is 15.8. The Balaban J connectivity index is 1.86. The van der Waals surface area contributed by atoms with Gasteiger partial charge in [0, 0.05) is 24.8 Å². The first-order valence-electron chi connectivity index (χ1n) is 7.72. The fraction of sp³-hybridized carbons (Fsp3) is 0.375. The summed E-state index contributed by atoms with van der Waals surface area (Å²) in [5.41, 5.74) is 1.62. The van der Waals surface area contributed by atoms with Crippen molar-refractivity contribution in [1.29, 1.82) is 0 Å². The smallest absolute Gasteiger partial charge is 0.243 e. The second kappa shape index (κ2) is 6.74. The molecule has 0 atom stereocenters. The van der Waals surface area contributed by atoms with Gasteiger partial charge in [0.05, 0.1) is 24.2 Å². The van der Waals surface area contributed by atoms with E-state index in [1.54, 1.807) is 25.3 Å². The molecule has 0 unspecified atom stereocenters. The molecule has 1 aromatic heterocycles. The molecule has 0 bridgehead atoms. The SMILES string of the molecule is COc1ccc(S(=O)(=O)N2CCc3nc(NC(C)=O)sc3C2)cc1C. The molecule has 2 aromatic rings. The first-order valence-corrected chi connectivity index (χ1v) is 9.98. The molecule has 7 nitrogen and oxygen atoms in total. The van der Waals surface area contributed by atoms with Crippen molar-refractivity contribution in [2.75, 3.05) is 19.0 Å². The number of hydrogen-bond acceptors (Lipinski definition) is 6. The van der Waals surface area contributed by atoms with Crippen LogP contribution in [0.15, 0.2) is 23.1 Å². The van der Waals surface area contributed by atoms with Crippen LogP contribution >= 0.6 is 11.3 Å². The van der Waals surface area contributed by atoms with Gasteiger partial charge in [-0.3, -0.25) is 4.79 Å². The monoisotopic (exact) mass is 381 g/mol. The molecule has 0 aliphatic carbocycles. The molecule has 0 radical (unpaired) electrons. The number of hydrogen-bond donors (Lipinski definition) is 1. The summed E-state index contributed by atoms with van der Waals surface area (Å²) in [6.07, 6.45) is 0.528. The fourth-order valence-electron chi connectivity index (χ4n) is 2.74. The molecule has 25 heavy (non-hydrogen) atoms. The van der Waals surface area contributed by atoms with Crippen LogP contribution in [0.4, 0.5) is 5.13 Å². The number of aromatic nitrogens is 1. The average Bonchev–Trinajstić information content (AvgIpc) is 2.95. The average molecular weight is 381 g/mol. The van der Waals surface area contributed by atoms with E-state index < -0.39 is 10.0 Å². The molecule has 1 aliphatic rings. The van der Waals surface area contributed by atoms with E-state index in [4.69, 9.17) is 4.74 Å². The highest BCUT2D eigenvalue weighted by molar-refractivity contribution is 7.89. The number of benzene rings is 1. The Labute approximate surface area is 150 Å². The number of anilines is 1. The maximum absolute atomic E-state index is 12.9. The summed E-state index contributed by atoms with van der Waals surface area (Å²) in [5.74, 6) is 0.464. The standard InChI is InChI=1S/C16H19N3O4S2/c1-10-8-12(4-5-14(10)23-3)25(21,22)19-7-6-13-15(9-19)24-16(18-13)17-11(2)20/h4-5,8H,6-7,9H2,1-3H3,(H,17,18,20). The summed E-state index contributed by atoms with van der Waals surface area (Å²) in [4.78, 5) is 16.6. The van der Waals surface area contributed by atoms with Crippen molar-refractivity contribution < 1.29 is 17.9 Å². The molecule has 0 saturated carbocycles. The highest BCUT2D eigenvalue weighted by Gasteiger charge is 2.30. The minimum Gasteiger partial charge on any atom is -0.496 e. The number of carbonyl (C=O) groups is 1. The van der Waals surface area contributed by atoms with Gasteiger partial charge in [0.15, 0.2) is 5.13 Å². The van der Waals surface area contributed by atoms with Crippen molar-refractivity contribution in [1.82, 2.24) is 9.29 Å². The third-order valence-electron chi connectivity index (χ3n) is 3.98. The van der Waals surface area contributed by atoms with Crippen LogP contribution in [0, 0.1) is 6.92 Å². The summed E-state index contributed by atoms with van der Waals surface area (Å²) in [6, 6.07) is 4.85. The molecule has 2 heterocycles. The van der Waals surface area contributed by atoms with Gasteiger partial charge in [-0.05, 0) is 30.7 Å².